The van der Waals surface area contributed by atoms with E-state index in [1.165, 1.54) is 0 Å². The molecule has 1 aromatic heterocycles. The maximum Gasteiger partial charge on any atom is 0.328 e. The van der Waals surface area contributed by atoms with Crippen molar-refractivity contribution >= 4 is 29.4 Å². The molecule has 0 radical (unpaired) electrons. The molecule has 2 aromatic rings. The largest absolute Gasteiger partial charge is 0.478 e. The van der Waals surface area contributed by atoms with Crippen LogP contribution in [0, 0.1) is 0 Å². The van der Waals surface area contributed by atoms with Crippen molar-refractivity contribution in [3.05, 3.63) is 77.1 Å². The summed E-state index contributed by atoms with van der Waals surface area (Å²) in [4.78, 5) is 27.8. The molecule has 0 bridgehead atoms. The second-order valence-corrected chi connectivity index (χ2v) is 6.04. The monoisotopic (exact) mass is 403 g/mol. The molecule has 1 aromatic carbocycles. The fraction of sp³-hybridized carbons (Fsp3) is 0.158. The number of hydrogen-bond acceptors (Lipinski definition) is 6. The van der Waals surface area contributed by atoms with Gasteiger partial charge in [-0.05, 0) is 29.8 Å². The molecule has 0 spiro atoms. The molecule has 0 aliphatic carbocycles. The second kappa shape index (κ2) is 9.63. The smallest absolute Gasteiger partial charge is 0.328 e. The molecule has 3 rings (SSSR count). The van der Waals surface area contributed by atoms with Crippen LogP contribution in [0.5, 0.6) is 0 Å². The molecule has 1 unspecified atom stereocenters. The van der Waals surface area contributed by atoms with Crippen molar-refractivity contribution in [1.29, 1.82) is 0 Å². The number of carbonyl (C=O) groups is 2. The minimum absolute atomic E-state index is 0.526. The number of benzene rings is 1. The number of carboxylic acids is 2. The first-order valence-electron chi connectivity index (χ1n) is 8.16. The molecule has 8 nitrogen and oxygen atoms in total. The molecule has 0 amide bonds. The lowest BCUT2D eigenvalue weighted by Gasteiger charge is -2.28. The van der Waals surface area contributed by atoms with Crippen LogP contribution in [0.2, 0.25) is 5.02 Å². The Balaban J connectivity index is 0.000000300. The van der Waals surface area contributed by atoms with E-state index in [1.807, 2.05) is 12.1 Å². The molecular formula is C19H18ClN3O5. The van der Waals surface area contributed by atoms with E-state index in [-0.39, 0.29) is 0 Å². The number of aromatic nitrogens is 1. The first kappa shape index (κ1) is 21.1. The van der Waals surface area contributed by atoms with Gasteiger partial charge in [-0.2, -0.15) is 0 Å². The lowest BCUT2D eigenvalue weighted by molar-refractivity contribution is -0.134. The fourth-order valence-corrected chi connectivity index (χ4v) is 2.58. The highest BCUT2D eigenvalue weighted by molar-refractivity contribution is 6.30. The van der Waals surface area contributed by atoms with Crippen LogP contribution in [0.25, 0.3) is 0 Å². The predicted molar refractivity (Wildman–Crippen MR) is 103 cm³/mol. The van der Waals surface area contributed by atoms with Gasteiger partial charge in [0, 0.05) is 29.9 Å². The first-order valence-corrected chi connectivity index (χ1v) is 8.54. The molecule has 28 heavy (non-hydrogen) atoms. The number of aliphatic hydroxyl groups is 1. The molecule has 9 heteroatoms. The maximum absolute atomic E-state index is 11.2. The van der Waals surface area contributed by atoms with Gasteiger partial charge in [-0.3, -0.25) is 9.98 Å². The first-order chi connectivity index (χ1) is 13.3. The SMILES string of the molecule is O=C(O)C=CC(=O)O.OC(C1=NCCN1)(c1ccc(Cl)cc1)c1ccccn1. The van der Waals surface area contributed by atoms with Crippen LogP contribution < -0.4 is 5.32 Å². The van der Waals surface area contributed by atoms with Gasteiger partial charge in [0.1, 0.15) is 5.84 Å². The van der Waals surface area contributed by atoms with Crippen molar-refractivity contribution in [1.82, 2.24) is 10.3 Å². The number of halogens is 1. The van der Waals surface area contributed by atoms with Crippen LogP contribution in [0.4, 0.5) is 0 Å². The van der Waals surface area contributed by atoms with Gasteiger partial charge in [-0.25, -0.2) is 9.59 Å². The Labute approximate surface area is 165 Å². The zero-order valence-electron chi connectivity index (χ0n) is 14.6. The topological polar surface area (TPSA) is 132 Å². The van der Waals surface area contributed by atoms with Gasteiger partial charge in [-0.15, -0.1) is 0 Å². The number of hydrogen-bond donors (Lipinski definition) is 4. The van der Waals surface area contributed by atoms with Crippen LogP contribution in [0.3, 0.4) is 0 Å². The zero-order chi connectivity index (χ0) is 20.6. The second-order valence-electron chi connectivity index (χ2n) is 5.60. The number of amidine groups is 1. The summed E-state index contributed by atoms with van der Waals surface area (Å²) in [5, 5.41) is 30.6. The number of rotatable bonds is 5. The molecular weight excluding hydrogens is 386 g/mol. The van der Waals surface area contributed by atoms with Crippen molar-refractivity contribution < 1.29 is 24.9 Å². The Morgan fingerprint density at radius 3 is 2.18 bits per heavy atom. The summed E-state index contributed by atoms with van der Waals surface area (Å²) < 4.78 is 0. The van der Waals surface area contributed by atoms with Crippen LogP contribution >= 0.6 is 11.6 Å². The molecule has 0 saturated heterocycles. The summed E-state index contributed by atoms with van der Waals surface area (Å²) in [7, 11) is 0. The van der Waals surface area contributed by atoms with E-state index in [4.69, 9.17) is 21.8 Å². The lowest BCUT2D eigenvalue weighted by atomic mass is 9.88. The number of aliphatic imine (C=N–C) groups is 1. The number of aliphatic carboxylic acids is 2. The van der Waals surface area contributed by atoms with Crippen LogP contribution in [0.1, 0.15) is 11.3 Å². The van der Waals surface area contributed by atoms with E-state index < -0.39 is 17.5 Å². The summed E-state index contributed by atoms with van der Waals surface area (Å²) >= 11 is 5.92. The van der Waals surface area contributed by atoms with Gasteiger partial charge >= 0.3 is 11.9 Å². The normalized spacial score (nSPS) is 15.0. The Bertz CT molecular complexity index is 868. The van der Waals surface area contributed by atoms with Crippen molar-refractivity contribution in [2.45, 2.75) is 5.60 Å². The minimum Gasteiger partial charge on any atom is -0.478 e. The zero-order valence-corrected chi connectivity index (χ0v) is 15.4. The quantitative estimate of drug-likeness (QED) is 0.558. The molecule has 0 saturated carbocycles. The fourth-order valence-electron chi connectivity index (χ4n) is 2.46. The molecule has 0 fully saturated rings. The highest BCUT2D eigenvalue weighted by Gasteiger charge is 2.40. The third kappa shape index (κ3) is 5.38. The molecule has 146 valence electrons. The maximum atomic E-state index is 11.2. The van der Waals surface area contributed by atoms with Crippen LogP contribution in [-0.4, -0.2) is 51.2 Å². The molecule has 2 heterocycles. The van der Waals surface area contributed by atoms with Gasteiger partial charge < -0.3 is 20.6 Å². The third-order valence-electron chi connectivity index (χ3n) is 3.68. The summed E-state index contributed by atoms with van der Waals surface area (Å²) in [6, 6.07) is 12.5. The van der Waals surface area contributed by atoms with E-state index in [1.54, 1.807) is 36.5 Å². The third-order valence-corrected chi connectivity index (χ3v) is 3.93. The highest BCUT2D eigenvalue weighted by atomic mass is 35.5. The van der Waals surface area contributed by atoms with E-state index in [2.05, 4.69) is 15.3 Å². The Hall–Kier alpha value is -3.23. The summed E-state index contributed by atoms with van der Waals surface area (Å²) in [5.41, 5.74) is -0.147. The van der Waals surface area contributed by atoms with Crippen molar-refractivity contribution in [2.75, 3.05) is 13.1 Å². The number of pyridine rings is 1. The number of nitrogens with one attached hydrogen (secondary N) is 1. The standard InChI is InChI=1S/C15H14ClN3O.C4H4O4/c16-12-6-4-11(5-7-12)15(20,14-18-9-10-19-14)13-3-1-2-8-17-13;5-3(6)1-2-4(7)8/h1-8,20H,9-10H2,(H,18,19);1-2H,(H,5,6)(H,7,8). The molecule has 4 N–H and O–H groups in total. The molecule has 1 aliphatic rings. The van der Waals surface area contributed by atoms with Crippen molar-refractivity contribution in [3.8, 4) is 0 Å². The summed E-state index contributed by atoms with van der Waals surface area (Å²) in [6.07, 6.45) is 2.77. The average molecular weight is 404 g/mol. The Kier molecular flexibility index (Phi) is 7.25. The van der Waals surface area contributed by atoms with Crippen LogP contribution in [0.15, 0.2) is 65.8 Å². The summed E-state index contributed by atoms with van der Waals surface area (Å²) in [6.45, 7) is 1.37. The van der Waals surface area contributed by atoms with Crippen molar-refractivity contribution in [2.24, 2.45) is 4.99 Å². The predicted octanol–water partition coefficient (Wildman–Crippen LogP) is 1.68. The highest BCUT2D eigenvalue weighted by Crippen LogP contribution is 2.30. The van der Waals surface area contributed by atoms with Gasteiger partial charge in [0.05, 0.1) is 12.2 Å². The van der Waals surface area contributed by atoms with Crippen LogP contribution in [-0.2, 0) is 15.2 Å². The van der Waals surface area contributed by atoms with E-state index in [0.29, 0.717) is 40.8 Å². The lowest BCUT2D eigenvalue weighted by Crippen LogP contribution is -2.44. The van der Waals surface area contributed by atoms with E-state index >= 15 is 0 Å². The number of carboxylic acid groups (broad SMARTS) is 2. The minimum atomic E-state index is -1.37. The van der Waals surface area contributed by atoms with E-state index in [9.17, 15) is 14.7 Å². The van der Waals surface area contributed by atoms with Crippen molar-refractivity contribution in [3.63, 3.8) is 0 Å². The molecule has 1 aliphatic heterocycles. The van der Waals surface area contributed by atoms with E-state index in [0.717, 1.165) is 6.54 Å². The van der Waals surface area contributed by atoms with Gasteiger partial charge in [-0.1, -0.05) is 29.8 Å². The average Bonchev–Trinajstić information content (AvgIpc) is 3.23. The Morgan fingerprint density at radius 1 is 1.07 bits per heavy atom. The van der Waals surface area contributed by atoms with Gasteiger partial charge in [0.2, 0.25) is 0 Å². The molecule has 1 atom stereocenters. The Morgan fingerprint density at radius 2 is 1.71 bits per heavy atom. The summed E-state index contributed by atoms with van der Waals surface area (Å²) in [5.74, 6) is -1.99. The van der Waals surface area contributed by atoms with Gasteiger partial charge in [0.15, 0.2) is 5.60 Å². The van der Waals surface area contributed by atoms with Gasteiger partial charge in [0.25, 0.3) is 0 Å². The number of nitrogens with zero attached hydrogens (tertiary/aromatic N) is 2.